The van der Waals surface area contributed by atoms with Crippen LogP contribution < -0.4 is 5.32 Å². The standard InChI is InChI=1S/C69H129NO5/c1-3-5-7-9-11-13-15-17-19-20-31-35-39-43-47-51-55-59-63-69(74)75-64-60-56-52-48-44-40-36-32-29-27-25-23-21-22-24-26-28-30-34-38-42-46-50-54-58-62-68(73)70-66(65-71)67(72)61-57-53-49-45-41-37-33-18-16-14-12-10-8-6-4-2/h13,15,19-20,22-25,66-67,71-72H,3-12,14,16-18,21,26-65H2,1-2H3,(H,70,73)/b15-13-,20-19-,24-22-,25-23-. The summed E-state index contributed by atoms with van der Waals surface area (Å²) in [4.78, 5) is 24.6. The van der Waals surface area contributed by atoms with Gasteiger partial charge in [0.25, 0.3) is 0 Å². The topological polar surface area (TPSA) is 95.9 Å². The van der Waals surface area contributed by atoms with Crippen LogP contribution in [-0.4, -0.2) is 47.4 Å². The van der Waals surface area contributed by atoms with Crippen LogP contribution in [0.15, 0.2) is 48.6 Å². The molecule has 0 fully saturated rings. The lowest BCUT2D eigenvalue weighted by Gasteiger charge is -2.22. The average molecular weight is 1050 g/mol. The molecule has 0 aromatic heterocycles. The first-order valence-corrected chi connectivity index (χ1v) is 33.4. The van der Waals surface area contributed by atoms with E-state index in [2.05, 4.69) is 67.8 Å². The second-order valence-corrected chi connectivity index (χ2v) is 22.8. The minimum absolute atomic E-state index is 0.00170. The Morgan fingerprint density at radius 1 is 0.373 bits per heavy atom. The van der Waals surface area contributed by atoms with E-state index in [1.807, 2.05) is 0 Å². The summed E-state index contributed by atoms with van der Waals surface area (Å²) in [7, 11) is 0. The van der Waals surface area contributed by atoms with Crippen LogP contribution in [0.3, 0.4) is 0 Å². The van der Waals surface area contributed by atoms with Crippen LogP contribution in [0, 0.1) is 0 Å². The van der Waals surface area contributed by atoms with Gasteiger partial charge in [0.2, 0.25) is 5.91 Å². The van der Waals surface area contributed by atoms with Gasteiger partial charge in [-0.15, -0.1) is 0 Å². The van der Waals surface area contributed by atoms with Crippen molar-refractivity contribution in [2.24, 2.45) is 0 Å². The molecule has 0 saturated carbocycles. The maximum atomic E-state index is 12.5. The van der Waals surface area contributed by atoms with E-state index in [9.17, 15) is 19.8 Å². The van der Waals surface area contributed by atoms with Gasteiger partial charge in [-0.1, -0.05) is 300 Å². The summed E-state index contributed by atoms with van der Waals surface area (Å²) >= 11 is 0. The van der Waals surface area contributed by atoms with Gasteiger partial charge in [0.05, 0.1) is 25.4 Å². The lowest BCUT2D eigenvalue weighted by molar-refractivity contribution is -0.143. The van der Waals surface area contributed by atoms with Crippen molar-refractivity contribution in [3.05, 3.63) is 48.6 Å². The van der Waals surface area contributed by atoms with Crippen LogP contribution in [0.25, 0.3) is 0 Å². The fourth-order valence-corrected chi connectivity index (χ4v) is 10.2. The highest BCUT2D eigenvalue weighted by Gasteiger charge is 2.20. The number of ether oxygens (including phenoxy) is 1. The van der Waals surface area contributed by atoms with Gasteiger partial charge in [0.15, 0.2) is 0 Å². The second kappa shape index (κ2) is 64.3. The number of amides is 1. The SMILES string of the molecule is CCCCCC/C=C\C/C=C\CCCCCCCCCC(=O)OCCCCCCCCCCC/C=C\C/C=C\CCCCCCCCCCCC(=O)NC(CO)C(O)CCCCCCCCCCCCCCCCC. The normalized spacial score (nSPS) is 12.9. The Balaban J connectivity index is 3.43. The summed E-state index contributed by atoms with van der Waals surface area (Å²) in [5, 5.41) is 23.3. The van der Waals surface area contributed by atoms with Crippen LogP contribution >= 0.6 is 0 Å². The highest BCUT2D eigenvalue weighted by Crippen LogP contribution is 2.17. The largest absolute Gasteiger partial charge is 0.466 e. The summed E-state index contributed by atoms with van der Waals surface area (Å²) in [5.74, 6) is -0.0381. The Morgan fingerprint density at radius 3 is 1.03 bits per heavy atom. The van der Waals surface area contributed by atoms with Gasteiger partial charge in [-0.25, -0.2) is 0 Å². The molecule has 0 aromatic carbocycles. The molecule has 3 N–H and O–H groups in total. The molecule has 0 saturated heterocycles. The summed E-state index contributed by atoms with van der Waals surface area (Å²) in [5.41, 5.74) is 0. The second-order valence-electron chi connectivity index (χ2n) is 22.8. The smallest absolute Gasteiger partial charge is 0.305 e. The first-order valence-electron chi connectivity index (χ1n) is 33.4. The van der Waals surface area contributed by atoms with Crippen molar-refractivity contribution in [2.45, 2.75) is 366 Å². The van der Waals surface area contributed by atoms with Crippen molar-refractivity contribution >= 4 is 11.9 Å². The molecule has 75 heavy (non-hydrogen) atoms. The van der Waals surface area contributed by atoms with Crippen molar-refractivity contribution < 1.29 is 24.5 Å². The number of allylic oxidation sites excluding steroid dienone is 8. The molecule has 2 unspecified atom stereocenters. The number of hydrogen-bond donors (Lipinski definition) is 3. The van der Waals surface area contributed by atoms with E-state index in [-0.39, 0.29) is 18.5 Å². The van der Waals surface area contributed by atoms with Crippen LogP contribution in [0.1, 0.15) is 354 Å². The van der Waals surface area contributed by atoms with Crippen LogP contribution in [0.2, 0.25) is 0 Å². The lowest BCUT2D eigenvalue weighted by atomic mass is 10.0. The maximum absolute atomic E-state index is 12.5. The van der Waals surface area contributed by atoms with E-state index in [1.54, 1.807) is 0 Å². The van der Waals surface area contributed by atoms with Crippen molar-refractivity contribution in [3.8, 4) is 0 Å². The molecule has 2 atom stereocenters. The number of esters is 1. The van der Waals surface area contributed by atoms with Gasteiger partial charge in [0.1, 0.15) is 0 Å². The molecular weight excluding hydrogens is 923 g/mol. The third kappa shape index (κ3) is 60.9. The van der Waals surface area contributed by atoms with Gasteiger partial charge in [-0.05, 0) is 89.9 Å². The fourth-order valence-electron chi connectivity index (χ4n) is 10.2. The zero-order valence-corrected chi connectivity index (χ0v) is 50.3. The van der Waals surface area contributed by atoms with Crippen LogP contribution in [-0.2, 0) is 14.3 Å². The lowest BCUT2D eigenvalue weighted by Crippen LogP contribution is -2.45. The highest BCUT2D eigenvalue weighted by atomic mass is 16.5. The molecule has 0 aliphatic heterocycles. The van der Waals surface area contributed by atoms with Gasteiger partial charge < -0.3 is 20.3 Å². The number of rotatable bonds is 62. The van der Waals surface area contributed by atoms with Gasteiger partial charge in [-0.2, -0.15) is 0 Å². The third-order valence-corrected chi connectivity index (χ3v) is 15.4. The molecule has 0 spiro atoms. The Labute approximate surface area is 467 Å². The van der Waals surface area contributed by atoms with Crippen molar-refractivity contribution in [3.63, 3.8) is 0 Å². The molecule has 0 aliphatic rings. The first-order chi connectivity index (χ1) is 37.0. The zero-order valence-electron chi connectivity index (χ0n) is 50.3. The first kappa shape index (κ1) is 72.8. The van der Waals surface area contributed by atoms with Gasteiger partial charge >= 0.3 is 5.97 Å². The fraction of sp³-hybridized carbons (Fsp3) is 0.855. The van der Waals surface area contributed by atoms with Crippen molar-refractivity contribution in [1.29, 1.82) is 0 Å². The van der Waals surface area contributed by atoms with E-state index in [1.165, 1.54) is 263 Å². The van der Waals surface area contributed by atoms with E-state index in [0.717, 1.165) is 57.8 Å². The van der Waals surface area contributed by atoms with Crippen molar-refractivity contribution in [1.82, 2.24) is 5.32 Å². The van der Waals surface area contributed by atoms with E-state index >= 15 is 0 Å². The number of aliphatic hydroxyl groups excluding tert-OH is 2. The molecule has 0 aliphatic carbocycles. The summed E-state index contributed by atoms with van der Waals surface area (Å²) in [6, 6.07) is -0.547. The van der Waals surface area contributed by atoms with Crippen LogP contribution in [0.5, 0.6) is 0 Å². The van der Waals surface area contributed by atoms with E-state index in [4.69, 9.17) is 4.74 Å². The number of aliphatic hydroxyl groups is 2. The zero-order chi connectivity index (χ0) is 54.3. The number of hydrogen-bond acceptors (Lipinski definition) is 5. The summed E-state index contributed by atoms with van der Waals surface area (Å²) in [6.45, 7) is 4.94. The molecule has 0 rings (SSSR count). The third-order valence-electron chi connectivity index (χ3n) is 15.4. The van der Waals surface area contributed by atoms with Crippen molar-refractivity contribution in [2.75, 3.05) is 13.2 Å². The predicted molar refractivity (Wildman–Crippen MR) is 329 cm³/mol. The Hall–Kier alpha value is -2.18. The maximum Gasteiger partial charge on any atom is 0.305 e. The number of unbranched alkanes of at least 4 members (excludes halogenated alkanes) is 43. The minimum Gasteiger partial charge on any atom is -0.466 e. The molecule has 440 valence electrons. The summed E-state index contributed by atoms with van der Waals surface area (Å²) in [6.07, 6.45) is 82.8. The molecule has 1 amide bonds. The predicted octanol–water partition coefficient (Wildman–Crippen LogP) is 21.3. The van der Waals surface area contributed by atoms with Gasteiger partial charge in [-0.3, -0.25) is 9.59 Å². The van der Waals surface area contributed by atoms with Gasteiger partial charge in [0, 0.05) is 12.8 Å². The highest BCUT2D eigenvalue weighted by molar-refractivity contribution is 5.76. The van der Waals surface area contributed by atoms with E-state index < -0.39 is 12.1 Å². The quantitative estimate of drug-likeness (QED) is 0.0320. The van der Waals surface area contributed by atoms with Crippen LogP contribution in [0.4, 0.5) is 0 Å². The number of carbonyl (C=O) groups excluding carboxylic acids is 2. The molecular formula is C69H129NO5. The Bertz CT molecular complexity index is 1260. The molecule has 6 nitrogen and oxygen atoms in total. The Morgan fingerprint density at radius 2 is 0.667 bits per heavy atom. The molecule has 0 bridgehead atoms. The van der Waals surface area contributed by atoms with E-state index in [0.29, 0.717) is 25.9 Å². The average Bonchev–Trinajstić information content (AvgIpc) is 3.41. The minimum atomic E-state index is -0.669. The summed E-state index contributed by atoms with van der Waals surface area (Å²) < 4.78 is 5.49. The number of nitrogens with one attached hydrogen (secondary N) is 1. The Kier molecular flexibility index (Phi) is 62.5. The monoisotopic (exact) mass is 1050 g/mol. The molecule has 0 aromatic rings. The molecule has 6 heteroatoms. The molecule has 0 radical (unpaired) electrons. The molecule has 0 heterocycles. The number of carbonyl (C=O) groups is 2.